The first-order chi connectivity index (χ1) is 16.4. The molecular formula is C21H33F9N2O3S. The second-order valence-electron chi connectivity index (χ2n) is 8.28. The molecule has 0 radical (unpaired) electrons. The van der Waals surface area contributed by atoms with Crippen molar-refractivity contribution in [2.75, 3.05) is 0 Å². The number of halogens is 9. The molecule has 1 aromatic heterocycles. The highest BCUT2D eigenvalue weighted by molar-refractivity contribution is 7.86. The largest absolute Gasteiger partial charge is 0.743 e. The molecule has 0 aliphatic carbocycles. The molecule has 0 amide bonds. The summed E-state index contributed by atoms with van der Waals surface area (Å²) in [5.74, 6) is -14.8. The zero-order valence-electron chi connectivity index (χ0n) is 20.1. The number of imidazole rings is 1. The molecule has 0 aliphatic rings. The van der Waals surface area contributed by atoms with Crippen molar-refractivity contribution >= 4 is 10.1 Å². The van der Waals surface area contributed by atoms with Crippen molar-refractivity contribution in [2.45, 2.75) is 114 Å². The van der Waals surface area contributed by atoms with Crippen LogP contribution in [0.5, 0.6) is 0 Å². The minimum Gasteiger partial charge on any atom is -0.743 e. The van der Waals surface area contributed by atoms with Gasteiger partial charge in [-0.25, -0.2) is 17.6 Å². The van der Waals surface area contributed by atoms with Gasteiger partial charge in [0.1, 0.15) is 12.4 Å². The smallest absolute Gasteiger partial charge is 0.460 e. The predicted molar refractivity (Wildman–Crippen MR) is 113 cm³/mol. The molecule has 1 rings (SSSR count). The van der Waals surface area contributed by atoms with Crippen molar-refractivity contribution in [1.82, 2.24) is 4.57 Å². The summed E-state index contributed by atoms with van der Waals surface area (Å²) >= 11 is 0. The van der Waals surface area contributed by atoms with Crippen molar-refractivity contribution in [3.63, 3.8) is 0 Å². The molecule has 0 saturated heterocycles. The summed E-state index contributed by atoms with van der Waals surface area (Å²) < 4.78 is 140. The Balaban J connectivity index is 0.000000686. The lowest BCUT2D eigenvalue weighted by Gasteiger charge is -2.34. The fourth-order valence-electron chi connectivity index (χ4n) is 3.06. The number of aromatic nitrogens is 2. The highest BCUT2D eigenvalue weighted by atomic mass is 32.2. The number of nitrogens with zero attached hydrogens (tertiary/aromatic N) is 2. The minimum absolute atomic E-state index is 1.07. The molecule has 1 heterocycles. The van der Waals surface area contributed by atoms with Crippen LogP contribution in [0.15, 0.2) is 18.7 Å². The van der Waals surface area contributed by atoms with E-state index in [2.05, 4.69) is 41.7 Å². The third-order valence-corrected chi connectivity index (χ3v) is 6.20. The lowest BCUT2D eigenvalue weighted by molar-refractivity contribution is -0.696. The normalized spacial score (nSPS) is 13.4. The number of rotatable bonds is 15. The van der Waals surface area contributed by atoms with Gasteiger partial charge in [0.15, 0.2) is 10.1 Å². The first-order valence-corrected chi connectivity index (χ1v) is 13.0. The van der Waals surface area contributed by atoms with Gasteiger partial charge in [0.25, 0.3) is 0 Å². The Labute approximate surface area is 205 Å². The van der Waals surface area contributed by atoms with Crippen LogP contribution in [0.3, 0.4) is 0 Å². The van der Waals surface area contributed by atoms with Crippen molar-refractivity contribution < 1.29 is 57.1 Å². The van der Waals surface area contributed by atoms with Crippen LogP contribution in [0.1, 0.15) is 78.1 Å². The SMILES string of the molecule is CCCCCCCCCCCC[n+]1ccn(CC)c1.O=S(=O)([O-])C(F)(F)C(F)(F)C(F)(F)C(F)(F)F. The van der Waals surface area contributed by atoms with Crippen LogP contribution in [0, 0.1) is 0 Å². The van der Waals surface area contributed by atoms with Gasteiger partial charge in [0.2, 0.25) is 6.33 Å². The summed E-state index contributed by atoms with van der Waals surface area (Å²) in [6, 6.07) is 0. The van der Waals surface area contributed by atoms with Crippen LogP contribution < -0.4 is 4.57 Å². The molecule has 5 nitrogen and oxygen atoms in total. The van der Waals surface area contributed by atoms with Gasteiger partial charge in [-0.1, -0.05) is 58.3 Å². The van der Waals surface area contributed by atoms with E-state index in [1.54, 1.807) is 0 Å². The van der Waals surface area contributed by atoms with Gasteiger partial charge in [-0.15, -0.1) is 0 Å². The van der Waals surface area contributed by atoms with Gasteiger partial charge < -0.3 is 4.55 Å². The van der Waals surface area contributed by atoms with Crippen molar-refractivity contribution in [3.8, 4) is 0 Å². The predicted octanol–water partition coefficient (Wildman–Crippen LogP) is 6.67. The Morgan fingerprint density at radius 1 is 0.750 bits per heavy atom. The number of alkyl halides is 9. The molecule has 36 heavy (non-hydrogen) atoms. The molecular weight excluding hydrogens is 531 g/mol. The summed E-state index contributed by atoms with van der Waals surface area (Å²) in [5.41, 5.74) is 0. The van der Waals surface area contributed by atoms with E-state index in [0.29, 0.717) is 0 Å². The lowest BCUT2D eigenvalue weighted by atomic mass is 10.1. The van der Waals surface area contributed by atoms with Gasteiger partial charge in [0.05, 0.1) is 13.1 Å². The van der Waals surface area contributed by atoms with Crippen LogP contribution in [0.4, 0.5) is 39.5 Å². The number of aryl methyl sites for hydroxylation is 2. The van der Waals surface area contributed by atoms with E-state index in [-0.39, 0.29) is 0 Å². The van der Waals surface area contributed by atoms with Gasteiger partial charge >= 0.3 is 23.3 Å². The Bertz CT molecular complexity index is 857. The molecule has 0 unspecified atom stereocenters. The van der Waals surface area contributed by atoms with E-state index in [0.717, 1.165) is 6.54 Å². The highest BCUT2D eigenvalue weighted by Gasteiger charge is 2.83. The van der Waals surface area contributed by atoms with Crippen LogP contribution in [0.2, 0.25) is 0 Å². The molecule has 15 heteroatoms. The minimum atomic E-state index is -7.43. The first-order valence-electron chi connectivity index (χ1n) is 11.6. The lowest BCUT2D eigenvalue weighted by Crippen LogP contribution is -2.63. The molecule has 0 saturated carbocycles. The summed E-state index contributed by atoms with van der Waals surface area (Å²) in [4.78, 5) is 0. The second kappa shape index (κ2) is 14.4. The zero-order chi connectivity index (χ0) is 28.3. The fraction of sp³-hybridized carbons (Fsp3) is 0.857. The van der Waals surface area contributed by atoms with E-state index in [1.807, 2.05) is 0 Å². The molecule has 0 N–H and O–H groups in total. The van der Waals surface area contributed by atoms with Crippen molar-refractivity contribution in [3.05, 3.63) is 18.7 Å². The molecule has 0 fully saturated rings. The Kier molecular flexibility index (Phi) is 13.8. The highest BCUT2D eigenvalue weighted by Crippen LogP contribution is 2.54. The van der Waals surface area contributed by atoms with Gasteiger partial charge in [-0.3, -0.25) is 0 Å². The third kappa shape index (κ3) is 9.75. The van der Waals surface area contributed by atoms with Crippen LogP contribution in [-0.2, 0) is 23.2 Å². The van der Waals surface area contributed by atoms with E-state index in [4.69, 9.17) is 0 Å². The van der Waals surface area contributed by atoms with Crippen LogP contribution in [-0.4, -0.2) is 40.8 Å². The Morgan fingerprint density at radius 3 is 1.56 bits per heavy atom. The monoisotopic (exact) mass is 564 g/mol. The third-order valence-electron chi connectivity index (χ3n) is 5.31. The van der Waals surface area contributed by atoms with Gasteiger partial charge in [0, 0.05) is 0 Å². The first kappa shape index (κ1) is 34.5. The van der Waals surface area contributed by atoms with E-state index in [9.17, 15) is 52.5 Å². The molecule has 0 atom stereocenters. The number of hydrogen-bond donors (Lipinski definition) is 0. The Morgan fingerprint density at radius 2 is 1.19 bits per heavy atom. The number of hydrogen-bond acceptors (Lipinski definition) is 3. The topological polar surface area (TPSA) is 66.0 Å². The summed E-state index contributed by atoms with van der Waals surface area (Å²) in [7, 11) is -7.42. The van der Waals surface area contributed by atoms with E-state index >= 15 is 0 Å². The summed E-state index contributed by atoms with van der Waals surface area (Å²) in [6.45, 7) is 6.73. The van der Waals surface area contributed by atoms with Crippen molar-refractivity contribution in [1.29, 1.82) is 0 Å². The molecule has 0 aromatic carbocycles. The van der Waals surface area contributed by atoms with Gasteiger partial charge in [-0.05, 0) is 19.8 Å². The molecule has 0 bridgehead atoms. The maximum Gasteiger partial charge on any atom is 0.460 e. The van der Waals surface area contributed by atoms with E-state index in [1.165, 1.54) is 70.8 Å². The van der Waals surface area contributed by atoms with E-state index < -0.39 is 33.4 Å². The van der Waals surface area contributed by atoms with Crippen LogP contribution >= 0.6 is 0 Å². The van der Waals surface area contributed by atoms with Crippen molar-refractivity contribution in [2.24, 2.45) is 0 Å². The molecule has 214 valence electrons. The maximum atomic E-state index is 12.2. The van der Waals surface area contributed by atoms with Crippen LogP contribution in [0.25, 0.3) is 0 Å². The fourth-order valence-corrected chi connectivity index (χ4v) is 3.50. The second-order valence-corrected chi connectivity index (χ2v) is 9.70. The standard InChI is InChI=1S/C17H33N2.C4HF9O3S/c1-3-5-6-7-8-9-10-11-12-13-14-19-16-15-18(4-2)17-19;5-1(6,3(9,10)11)2(7,8)4(12,13)17(14,15)16/h15-17H,3-14H2,1-2H3;(H,14,15,16)/q+1;/p-1. The number of unbranched alkanes of at least 4 members (excludes halogenated alkanes) is 9. The maximum absolute atomic E-state index is 12.2. The summed E-state index contributed by atoms with van der Waals surface area (Å²) in [5, 5.41) is -7.11. The Hall–Kier alpha value is -1.51. The average Bonchev–Trinajstić information content (AvgIpc) is 3.21. The quantitative estimate of drug-likeness (QED) is 0.103. The average molecular weight is 565 g/mol. The molecule has 0 spiro atoms. The van der Waals surface area contributed by atoms with Gasteiger partial charge in [-0.2, -0.15) is 39.5 Å². The summed E-state index contributed by atoms with van der Waals surface area (Å²) in [6.07, 6.45) is 13.6. The zero-order valence-corrected chi connectivity index (χ0v) is 21.0. The molecule has 1 aromatic rings. The molecule has 0 aliphatic heterocycles.